The van der Waals surface area contributed by atoms with Crippen molar-refractivity contribution in [3.05, 3.63) is 156 Å². The van der Waals surface area contributed by atoms with Crippen LogP contribution >= 0.6 is 34.8 Å². The van der Waals surface area contributed by atoms with Gasteiger partial charge in [-0.1, -0.05) is 89.4 Å². The second-order valence-corrected chi connectivity index (χ2v) is 24.9. The molecule has 1 saturated heterocycles. The predicted molar refractivity (Wildman–Crippen MR) is 325 cm³/mol. The fourth-order valence-corrected chi connectivity index (χ4v) is 12.0. The second kappa shape index (κ2) is 26.9. The first kappa shape index (κ1) is 66.8. The number of rotatable bonds is 11. The van der Waals surface area contributed by atoms with Crippen molar-refractivity contribution < 1.29 is 62.2 Å². The highest BCUT2D eigenvalue weighted by Gasteiger charge is 2.41. The summed E-state index contributed by atoms with van der Waals surface area (Å²) >= 11 is 18.5. The number of Topliss-reactive ketones (excluding diaryl/α,β-unsaturated/α-hetero) is 1. The molecule has 3 aromatic carbocycles. The van der Waals surface area contributed by atoms with Crippen LogP contribution in [0.25, 0.3) is 66.5 Å². The number of hydrogen-bond donors (Lipinski definition) is 2. The molecule has 0 atom stereocenters. The highest BCUT2D eigenvalue weighted by atomic mass is 35.5. The molecule has 7 heterocycles. The number of halogens is 12. The maximum atomic E-state index is 13.4. The van der Waals surface area contributed by atoms with Gasteiger partial charge in [0.25, 0.3) is 16.7 Å². The molecule has 6 aromatic heterocycles. The molecule has 19 nitrogen and oxygen atoms in total. The van der Waals surface area contributed by atoms with Gasteiger partial charge in [-0.25, -0.2) is 23.4 Å². The number of pyridine rings is 3. The summed E-state index contributed by atoms with van der Waals surface area (Å²) in [5.74, 6) is -0.0520. The summed E-state index contributed by atoms with van der Waals surface area (Å²) in [5, 5.41) is 6.95. The summed E-state index contributed by atoms with van der Waals surface area (Å²) in [4.78, 5) is 74.8. The average molecular weight is 1360 g/mol. The number of carbonyl (C=O) groups excluding carboxylic acids is 1. The van der Waals surface area contributed by atoms with Crippen molar-refractivity contribution in [3.63, 3.8) is 0 Å². The van der Waals surface area contributed by atoms with E-state index in [2.05, 4.69) is 40.5 Å². The third kappa shape index (κ3) is 15.9. The highest BCUT2D eigenvalue weighted by molar-refractivity contribution is 7.90. The zero-order valence-corrected chi connectivity index (χ0v) is 51.1. The van der Waals surface area contributed by atoms with Gasteiger partial charge in [-0.2, -0.15) is 54.5 Å². The summed E-state index contributed by atoms with van der Waals surface area (Å²) in [5.41, 5.74) is -2.35. The number of ether oxygens (including phenoxy) is 2. The van der Waals surface area contributed by atoms with Crippen LogP contribution in [0.5, 0.6) is 0 Å². The first-order valence-corrected chi connectivity index (χ1v) is 31.1. The van der Waals surface area contributed by atoms with Crippen molar-refractivity contribution in [2.45, 2.75) is 113 Å². The molecule has 484 valence electrons. The number of carbonyl (C=O) groups is 1. The zero-order chi connectivity index (χ0) is 66.1. The number of sulfone groups is 1. The molecule has 1 aliphatic heterocycles. The molecule has 12 rings (SSSR count). The lowest BCUT2D eigenvalue weighted by Gasteiger charge is -2.35. The molecular weight excluding hydrogens is 1310 g/mol. The fraction of sp³-hybridized carbons (Fsp3) is 0.333. The van der Waals surface area contributed by atoms with Gasteiger partial charge >= 0.3 is 18.5 Å². The molecule has 0 bridgehead atoms. The minimum atomic E-state index is -4.73. The van der Waals surface area contributed by atoms with E-state index in [1.807, 2.05) is 0 Å². The zero-order valence-electron chi connectivity index (χ0n) is 48.0. The number of hydrogen-bond acceptors (Lipinski definition) is 16. The minimum absolute atomic E-state index is 0.0149. The fourth-order valence-electron chi connectivity index (χ4n) is 10.8. The third-order valence-corrected chi connectivity index (χ3v) is 16.9. The Morgan fingerprint density at radius 3 is 1.20 bits per heavy atom. The number of aromatic nitrogens is 9. The van der Waals surface area contributed by atoms with Gasteiger partial charge in [0.05, 0.1) is 13.2 Å². The first-order valence-electron chi connectivity index (χ1n) is 28.1. The van der Waals surface area contributed by atoms with Crippen LogP contribution < -0.4 is 27.3 Å². The molecule has 3 fully saturated rings. The largest absolute Gasteiger partial charge is 0.406 e. The molecule has 3 aliphatic rings. The van der Waals surface area contributed by atoms with Crippen molar-refractivity contribution in [1.82, 2.24) is 43.6 Å². The van der Waals surface area contributed by atoms with Gasteiger partial charge in [0.2, 0.25) is 26.9 Å². The van der Waals surface area contributed by atoms with Crippen LogP contribution in [-0.2, 0) is 43.7 Å². The van der Waals surface area contributed by atoms with Gasteiger partial charge in [-0.3, -0.25) is 32.9 Å². The van der Waals surface area contributed by atoms with Crippen molar-refractivity contribution in [1.29, 1.82) is 0 Å². The van der Waals surface area contributed by atoms with E-state index in [0.29, 0.717) is 82.0 Å². The van der Waals surface area contributed by atoms with E-state index in [0.717, 1.165) is 25.3 Å². The maximum Gasteiger partial charge on any atom is 0.406 e. The summed E-state index contributed by atoms with van der Waals surface area (Å²) in [6, 6.07) is 23.3. The van der Waals surface area contributed by atoms with E-state index < -0.39 is 81.3 Å². The smallest absolute Gasteiger partial charge is 0.351 e. The number of benzene rings is 3. The van der Waals surface area contributed by atoms with Crippen LogP contribution in [0.3, 0.4) is 0 Å². The lowest BCUT2D eigenvalue weighted by Crippen LogP contribution is -2.39. The molecule has 0 radical (unpaired) electrons. The third-order valence-electron chi connectivity index (χ3n) is 15.1. The number of alkyl halides is 9. The molecule has 0 amide bonds. The summed E-state index contributed by atoms with van der Waals surface area (Å²) < 4.78 is 156. The lowest BCUT2D eigenvalue weighted by molar-refractivity contribution is -0.177. The molecule has 0 unspecified atom stereocenters. The monoisotopic (exact) mass is 1360 g/mol. The van der Waals surface area contributed by atoms with Crippen LogP contribution in [0.1, 0.15) is 51.4 Å². The molecule has 9 aromatic rings. The Bertz CT molecular complexity index is 4590. The van der Waals surface area contributed by atoms with E-state index in [1.54, 1.807) is 60.7 Å². The highest BCUT2D eigenvalue weighted by Crippen LogP contribution is 2.38. The second-order valence-electron chi connectivity index (χ2n) is 21.8. The van der Waals surface area contributed by atoms with Gasteiger partial charge in [0.1, 0.15) is 42.4 Å². The number of fused-ring (bicyclic) bond motifs is 3. The van der Waals surface area contributed by atoms with Crippen LogP contribution in [0.15, 0.2) is 129 Å². The van der Waals surface area contributed by atoms with Gasteiger partial charge in [-0.15, -0.1) is 0 Å². The number of ketones is 1. The molecule has 2 aliphatic carbocycles. The first-order chi connectivity index (χ1) is 43.4. The van der Waals surface area contributed by atoms with Crippen molar-refractivity contribution >= 4 is 95.4 Å². The van der Waals surface area contributed by atoms with Crippen LogP contribution in [-0.4, -0.2) is 114 Å². The molecular formula is C60H51Cl3F9N11O8S. The number of nitrogens with zero attached hydrogens (tertiary/aromatic N) is 9. The van der Waals surface area contributed by atoms with Gasteiger partial charge in [0, 0.05) is 127 Å². The Hall–Kier alpha value is -8.09. The van der Waals surface area contributed by atoms with Crippen LogP contribution in [0, 0.1) is 0 Å². The SMILES string of the molecule is CS(=O)(=O)c1ncc2cc(-c3ccccc3Cl)c(=O)n(CC(F)(F)F)c2n1.O=C1CCC(Nc2ncc3cc(-c4ccccc4Cl)c(=O)n(CC(F)(F)F)c3n2)CC1.O=c1c(-c2ccccc2Cl)cc2cnc(NC3CCC4(CC3)OCCO4)nc2n1CC(F)(F)F. The topological polar surface area (TPSA) is 237 Å². The standard InChI is InChI=1S/C23H22ClF3N4O3.C21H18ClF3N4O2.C16H11ClF3N3O3S/c24-18-4-2-1-3-16(18)17-11-14-12-28-21(30-19(14)31(20(17)32)13-23(25,26)27)29-15-5-7-22(8-6-15)33-9-10-34-22;22-17-4-2-1-3-15(17)16-9-12-10-26-20(27-13-5-7-14(30)8-6-13)28-18(12)29(19(16)31)11-21(23,24)25;1-27(25,26)15-21-7-9-6-11(10-4-2-3-5-12(10)17)14(24)23(13(9)22-15)8-16(18,19)20/h1-4,11-12,15H,5-10,13H2,(H,28,29,30);1-4,9-10,13H,5-8,11H2,(H,26,27,28);2-7H,8H2,1H3. The van der Waals surface area contributed by atoms with Crippen molar-refractivity contribution in [2.75, 3.05) is 30.1 Å². The van der Waals surface area contributed by atoms with Gasteiger partial charge in [-0.05, 0) is 62.1 Å². The summed E-state index contributed by atoms with van der Waals surface area (Å²) in [6.07, 6.45) is -4.34. The molecule has 2 saturated carbocycles. The Kier molecular flexibility index (Phi) is 19.5. The van der Waals surface area contributed by atoms with E-state index in [4.69, 9.17) is 44.3 Å². The molecule has 2 N–H and O–H groups in total. The van der Waals surface area contributed by atoms with Gasteiger partial charge < -0.3 is 20.1 Å². The van der Waals surface area contributed by atoms with Gasteiger partial charge in [0.15, 0.2) is 5.79 Å². The van der Waals surface area contributed by atoms with Crippen LogP contribution in [0.4, 0.5) is 51.4 Å². The average Bonchev–Trinajstić information content (AvgIpc) is 0.897. The van der Waals surface area contributed by atoms with E-state index >= 15 is 0 Å². The Morgan fingerprint density at radius 2 is 0.848 bits per heavy atom. The van der Waals surface area contributed by atoms with E-state index in [-0.39, 0.29) is 89.2 Å². The Labute approximate surface area is 530 Å². The molecule has 32 heteroatoms. The summed E-state index contributed by atoms with van der Waals surface area (Å²) in [7, 11) is -3.88. The lowest BCUT2D eigenvalue weighted by atomic mass is 9.90. The predicted octanol–water partition coefficient (Wildman–Crippen LogP) is 12.4. The molecule has 92 heavy (non-hydrogen) atoms. The van der Waals surface area contributed by atoms with E-state index in [9.17, 15) is 67.1 Å². The quantitative estimate of drug-likeness (QED) is 0.0904. The Balaban J connectivity index is 0.000000152. The van der Waals surface area contributed by atoms with Crippen molar-refractivity contribution in [2.24, 2.45) is 0 Å². The van der Waals surface area contributed by atoms with Crippen LogP contribution in [0.2, 0.25) is 15.1 Å². The number of anilines is 2. The number of nitrogens with one attached hydrogen (secondary N) is 2. The summed E-state index contributed by atoms with van der Waals surface area (Å²) in [6.45, 7) is -3.44. The maximum absolute atomic E-state index is 13.4. The normalized spacial score (nSPS) is 15.7. The molecule has 1 spiro atoms. The van der Waals surface area contributed by atoms with E-state index in [1.165, 1.54) is 42.7 Å². The minimum Gasteiger partial charge on any atom is -0.351 e. The van der Waals surface area contributed by atoms with Crippen molar-refractivity contribution in [3.8, 4) is 33.4 Å². The Morgan fingerprint density at radius 1 is 0.511 bits per heavy atom.